The summed E-state index contributed by atoms with van der Waals surface area (Å²) < 4.78 is 5.44. The number of nitrogens with one attached hydrogen (secondary N) is 3. The van der Waals surface area contributed by atoms with Crippen LogP contribution in [0.15, 0.2) is 24.3 Å². The van der Waals surface area contributed by atoms with E-state index >= 15 is 0 Å². The second kappa shape index (κ2) is 10.2. The number of amides is 3. The van der Waals surface area contributed by atoms with Crippen molar-refractivity contribution in [2.45, 2.75) is 64.6 Å². The van der Waals surface area contributed by atoms with Gasteiger partial charge >= 0.3 is 6.03 Å². The lowest BCUT2D eigenvalue weighted by molar-refractivity contribution is -0.908. The van der Waals surface area contributed by atoms with Crippen molar-refractivity contribution in [3.8, 4) is 5.75 Å². The van der Waals surface area contributed by atoms with Crippen LogP contribution < -0.4 is 20.3 Å². The van der Waals surface area contributed by atoms with E-state index in [9.17, 15) is 9.59 Å². The number of imide groups is 1. The maximum Gasteiger partial charge on any atom is 0.321 e. The average molecular weight is 362 g/mol. The Morgan fingerprint density at radius 1 is 1.19 bits per heavy atom. The average Bonchev–Trinajstić information content (AvgIpc) is 2.63. The highest BCUT2D eigenvalue weighted by atomic mass is 16.5. The molecule has 1 aliphatic rings. The number of carbonyl (C=O) groups excluding carboxylic acids is 2. The highest BCUT2D eigenvalue weighted by Gasteiger charge is 2.25. The summed E-state index contributed by atoms with van der Waals surface area (Å²) in [7, 11) is 1.96. The molecule has 1 saturated carbocycles. The fourth-order valence-corrected chi connectivity index (χ4v) is 3.26. The Morgan fingerprint density at radius 3 is 2.46 bits per heavy atom. The number of hydrogen-bond donors (Lipinski definition) is 3. The van der Waals surface area contributed by atoms with Crippen molar-refractivity contribution in [3.63, 3.8) is 0 Å². The first-order valence-electron chi connectivity index (χ1n) is 9.65. The number of likely N-dealkylation sites (N-methyl/N-ethyl adjacent to an activating group) is 1. The van der Waals surface area contributed by atoms with Gasteiger partial charge in [-0.05, 0) is 51.0 Å². The molecule has 1 aliphatic carbocycles. The third kappa shape index (κ3) is 6.33. The molecule has 0 heterocycles. The minimum Gasteiger partial charge on any atom is -0.494 e. The van der Waals surface area contributed by atoms with Gasteiger partial charge in [-0.1, -0.05) is 19.3 Å². The molecule has 26 heavy (non-hydrogen) atoms. The van der Waals surface area contributed by atoms with E-state index in [4.69, 9.17) is 4.74 Å². The Labute approximate surface area is 156 Å². The van der Waals surface area contributed by atoms with Gasteiger partial charge in [0.15, 0.2) is 6.04 Å². The van der Waals surface area contributed by atoms with Crippen LogP contribution >= 0.6 is 0 Å². The summed E-state index contributed by atoms with van der Waals surface area (Å²) in [6.07, 6.45) is 5.52. The molecule has 0 bridgehead atoms. The Kier molecular flexibility index (Phi) is 7.91. The van der Waals surface area contributed by atoms with E-state index in [1.807, 2.05) is 45.2 Å². The second-order valence-corrected chi connectivity index (χ2v) is 7.12. The number of hydrogen-bond acceptors (Lipinski definition) is 3. The zero-order valence-electron chi connectivity index (χ0n) is 16.1. The molecule has 0 saturated heterocycles. The first kappa shape index (κ1) is 20.2. The van der Waals surface area contributed by atoms with Crippen LogP contribution in [0.2, 0.25) is 0 Å². The third-order valence-electron chi connectivity index (χ3n) is 5.03. The predicted octanol–water partition coefficient (Wildman–Crippen LogP) is 1.65. The highest BCUT2D eigenvalue weighted by molar-refractivity contribution is 5.96. The first-order valence-corrected chi connectivity index (χ1v) is 9.65. The number of carbonyl (C=O) groups is 2. The maximum absolute atomic E-state index is 12.4. The van der Waals surface area contributed by atoms with Gasteiger partial charge in [0.1, 0.15) is 12.3 Å². The molecule has 0 aromatic heterocycles. The highest BCUT2D eigenvalue weighted by Crippen LogP contribution is 2.17. The molecule has 144 valence electrons. The van der Waals surface area contributed by atoms with Crippen molar-refractivity contribution in [3.05, 3.63) is 29.8 Å². The fraction of sp³-hybridized carbons (Fsp3) is 0.600. The number of benzene rings is 1. The quantitative estimate of drug-likeness (QED) is 0.691. The number of urea groups is 1. The van der Waals surface area contributed by atoms with E-state index in [-0.39, 0.29) is 24.0 Å². The van der Waals surface area contributed by atoms with E-state index in [0.29, 0.717) is 13.2 Å². The normalized spacial score (nSPS) is 17.2. The monoisotopic (exact) mass is 362 g/mol. The molecule has 2 atom stereocenters. The molecule has 0 aliphatic heterocycles. The van der Waals surface area contributed by atoms with Crippen LogP contribution in [-0.2, 0) is 11.3 Å². The first-order chi connectivity index (χ1) is 12.5. The van der Waals surface area contributed by atoms with Crippen LogP contribution in [0.25, 0.3) is 0 Å². The zero-order valence-corrected chi connectivity index (χ0v) is 16.1. The van der Waals surface area contributed by atoms with Crippen molar-refractivity contribution >= 4 is 11.9 Å². The molecule has 6 heteroatoms. The van der Waals surface area contributed by atoms with Crippen molar-refractivity contribution < 1.29 is 19.2 Å². The van der Waals surface area contributed by atoms with Crippen molar-refractivity contribution in [2.75, 3.05) is 13.7 Å². The van der Waals surface area contributed by atoms with Gasteiger partial charge in [0.2, 0.25) is 0 Å². The Bertz CT molecular complexity index is 582. The van der Waals surface area contributed by atoms with Crippen LogP contribution in [0.1, 0.15) is 51.5 Å². The molecule has 2 rings (SSSR count). The largest absolute Gasteiger partial charge is 0.494 e. The van der Waals surface area contributed by atoms with Gasteiger partial charge < -0.3 is 15.0 Å². The SMILES string of the molecule is CCOc1ccc(C[NH+](C)[C@@H](C)C(=O)NC(=O)NC2CCCCC2)cc1. The summed E-state index contributed by atoms with van der Waals surface area (Å²) in [6, 6.07) is 7.40. The van der Waals surface area contributed by atoms with E-state index < -0.39 is 0 Å². The second-order valence-electron chi connectivity index (χ2n) is 7.12. The third-order valence-corrected chi connectivity index (χ3v) is 5.03. The predicted molar refractivity (Wildman–Crippen MR) is 101 cm³/mol. The molecular weight excluding hydrogens is 330 g/mol. The van der Waals surface area contributed by atoms with Crippen LogP contribution in [0.3, 0.4) is 0 Å². The number of rotatable bonds is 7. The van der Waals surface area contributed by atoms with Gasteiger partial charge in [0.05, 0.1) is 13.7 Å². The van der Waals surface area contributed by atoms with Gasteiger partial charge in [-0.15, -0.1) is 0 Å². The molecule has 0 spiro atoms. The van der Waals surface area contributed by atoms with Crippen molar-refractivity contribution in [2.24, 2.45) is 0 Å². The summed E-state index contributed by atoms with van der Waals surface area (Å²) in [5.74, 6) is 0.598. The smallest absolute Gasteiger partial charge is 0.321 e. The summed E-state index contributed by atoms with van der Waals surface area (Å²) in [5.41, 5.74) is 1.12. The summed E-state index contributed by atoms with van der Waals surface area (Å²) in [6.45, 7) is 5.14. The van der Waals surface area contributed by atoms with Gasteiger partial charge in [-0.25, -0.2) is 4.79 Å². The van der Waals surface area contributed by atoms with Crippen molar-refractivity contribution in [1.29, 1.82) is 0 Å². The molecule has 6 nitrogen and oxygen atoms in total. The zero-order chi connectivity index (χ0) is 18.9. The number of ether oxygens (including phenoxy) is 1. The van der Waals surface area contributed by atoms with Gasteiger partial charge in [0.25, 0.3) is 5.91 Å². The number of quaternary nitrogens is 1. The van der Waals surface area contributed by atoms with Crippen molar-refractivity contribution in [1.82, 2.24) is 10.6 Å². The lowest BCUT2D eigenvalue weighted by Crippen LogP contribution is -3.12. The van der Waals surface area contributed by atoms with E-state index in [1.54, 1.807) is 0 Å². The lowest BCUT2D eigenvalue weighted by Gasteiger charge is -2.24. The summed E-state index contributed by atoms with van der Waals surface area (Å²) in [4.78, 5) is 25.4. The molecular formula is C20H32N3O3+. The standard InChI is InChI=1S/C20H31N3O3/c1-4-26-18-12-10-16(11-13-18)14-23(3)15(2)19(24)22-20(25)21-17-8-6-5-7-9-17/h10-13,15,17H,4-9,14H2,1-3H3,(H2,21,22,24,25)/p+1/t15-/m0/s1. The van der Waals surface area contributed by atoms with Gasteiger partial charge in [0, 0.05) is 11.6 Å². The Morgan fingerprint density at radius 2 is 1.85 bits per heavy atom. The Balaban J connectivity index is 1.79. The minimum absolute atomic E-state index is 0.195. The van der Waals surface area contributed by atoms with Crippen LogP contribution in [0, 0.1) is 0 Å². The molecule has 1 unspecified atom stereocenters. The van der Waals surface area contributed by atoms with Gasteiger partial charge in [-0.2, -0.15) is 0 Å². The Hall–Kier alpha value is -2.08. The summed E-state index contributed by atoms with van der Waals surface area (Å²) in [5, 5.41) is 5.41. The molecule has 1 aromatic carbocycles. The molecule has 3 amide bonds. The topological polar surface area (TPSA) is 71.9 Å². The minimum atomic E-state index is -0.373. The van der Waals surface area contributed by atoms with Crippen LogP contribution in [-0.4, -0.2) is 37.7 Å². The lowest BCUT2D eigenvalue weighted by atomic mass is 9.96. The molecule has 1 aromatic rings. The summed E-state index contributed by atoms with van der Waals surface area (Å²) >= 11 is 0. The molecule has 1 fully saturated rings. The van der Waals surface area contributed by atoms with Crippen LogP contribution in [0.5, 0.6) is 5.75 Å². The fourth-order valence-electron chi connectivity index (χ4n) is 3.26. The van der Waals surface area contributed by atoms with Crippen LogP contribution in [0.4, 0.5) is 4.79 Å². The molecule has 0 radical (unpaired) electrons. The van der Waals surface area contributed by atoms with Gasteiger partial charge in [-0.3, -0.25) is 10.1 Å². The van der Waals surface area contributed by atoms with E-state index in [1.165, 1.54) is 6.42 Å². The van der Waals surface area contributed by atoms with E-state index in [2.05, 4.69) is 10.6 Å². The maximum atomic E-state index is 12.4. The molecule has 3 N–H and O–H groups in total. The van der Waals surface area contributed by atoms with E-state index in [0.717, 1.165) is 41.9 Å².